The summed E-state index contributed by atoms with van der Waals surface area (Å²) in [5, 5.41) is 0. The first-order valence-electron chi connectivity index (χ1n) is 22.4. The van der Waals surface area contributed by atoms with Crippen molar-refractivity contribution in [3.05, 3.63) is 281 Å². The highest BCUT2D eigenvalue weighted by molar-refractivity contribution is 5.99. The van der Waals surface area contributed by atoms with Gasteiger partial charge in [-0.1, -0.05) is 182 Å². The molecule has 0 atom stereocenters. The molecule has 2 aliphatic heterocycles. The largest absolute Gasteiger partial charge is 0.457 e. The zero-order valence-electron chi connectivity index (χ0n) is 35.3. The van der Waals surface area contributed by atoms with Gasteiger partial charge in [0.05, 0.1) is 16.5 Å². The first-order chi connectivity index (χ1) is 32.2. The van der Waals surface area contributed by atoms with Gasteiger partial charge in [0, 0.05) is 39.2 Å². The maximum Gasteiger partial charge on any atom is 0.132 e. The SMILES string of the molecule is c1ccc(-c2ccc(N(c3ccc4c(c3)-c3ccccc3C43c4ccccc4Oc4ccccc43)c3cccc4c3-c3ccccc3C43c4ccccc4Oc4ccccc43)cc2)cc1. The Bertz CT molecular complexity index is 3480. The van der Waals surface area contributed by atoms with Gasteiger partial charge in [-0.3, -0.25) is 0 Å². The Morgan fingerprint density at radius 1 is 0.277 bits per heavy atom. The first kappa shape index (κ1) is 36.1. The lowest BCUT2D eigenvalue weighted by Crippen LogP contribution is -2.32. The number of para-hydroxylation sites is 4. The number of fused-ring (bicyclic) bond motifs is 18. The Kier molecular flexibility index (Phi) is 7.53. The fraction of sp³-hybridized carbons (Fsp3) is 0.0323. The number of rotatable bonds is 4. The van der Waals surface area contributed by atoms with Crippen LogP contribution in [0.2, 0.25) is 0 Å². The predicted octanol–water partition coefficient (Wildman–Crippen LogP) is 15.8. The second-order valence-electron chi connectivity index (χ2n) is 17.5. The van der Waals surface area contributed by atoms with E-state index in [2.05, 4.69) is 241 Å². The van der Waals surface area contributed by atoms with Crippen LogP contribution in [0.4, 0.5) is 17.1 Å². The van der Waals surface area contributed by atoms with Gasteiger partial charge in [0.25, 0.3) is 0 Å². The van der Waals surface area contributed by atoms with Crippen molar-refractivity contribution in [2.45, 2.75) is 10.8 Å². The minimum Gasteiger partial charge on any atom is -0.457 e. The van der Waals surface area contributed by atoms with E-state index in [0.29, 0.717) is 0 Å². The number of benzene rings is 10. The van der Waals surface area contributed by atoms with E-state index in [4.69, 9.17) is 9.47 Å². The van der Waals surface area contributed by atoms with Gasteiger partial charge < -0.3 is 14.4 Å². The van der Waals surface area contributed by atoms with Gasteiger partial charge in [0.1, 0.15) is 23.0 Å². The van der Waals surface area contributed by atoms with Crippen molar-refractivity contribution in [1.82, 2.24) is 0 Å². The summed E-state index contributed by atoms with van der Waals surface area (Å²) >= 11 is 0. The second-order valence-corrected chi connectivity index (χ2v) is 17.5. The smallest absolute Gasteiger partial charge is 0.132 e. The van der Waals surface area contributed by atoms with Crippen molar-refractivity contribution in [1.29, 1.82) is 0 Å². The van der Waals surface area contributed by atoms with Crippen molar-refractivity contribution >= 4 is 17.1 Å². The Labute approximate surface area is 378 Å². The highest BCUT2D eigenvalue weighted by Crippen LogP contribution is 2.66. The van der Waals surface area contributed by atoms with Gasteiger partial charge >= 0.3 is 0 Å². The maximum absolute atomic E-state index is 6.70. The summed E-state index contributed by atoms with van der Waals surface area (Å²) in [6, 6.07) is 86.1. The molecule has 4 aliphatic rings. The van der Waals surface area contributed by atoms with E-state index >= 15 is 0 Å². The van der Waals surface area contributed by atoms with Crippen LogP contribution in [0.5, 0.6) is 23.0 Å². The van der Waals surface area contributed by atoms with E-state index in [9.17, 15) is 0 Å². The summed E-state index contributed by atoms with van der Waals surface area (Å²) in [6.07, 6.45) is 0. The molecule has 0 aromatic heterocycles. The number of ether oxygens (including phenoxy) is 2. The third-order valence-corrected chi connectivity index (χ3v) is 14.4. The quantitative estimate of drug-likeness (QED) is 0.176. The summed E-state index contributed by atoms with van der Waals surface area (Å²) in [6.45, 7) is 0. The molecule has 2 spiro atoms. The topological polar surface area (TPSA) is 21.7 Å². The molecule has 10 aromatic carbocycles. The van der Waals surface area contributed by atoms with E-state index in [1.54, 1.807) is 0 Å². The zero-order valence-corrected chi connectivity index (χ0v) is 35.3. The fourth-order valence-electron chi connectivity index (χ4n) is 11.9. The number of hydrogen-bond donors (Lipinski definition) is 0. The fourth-order valence-corrected chi connectivity index (χ4v) is 11.9. The molecule has 3 nitrogen and oxygen atoms in total. The Hall–Kier alpha value is -8.40. The van der Waals surface area contributed by atoms with Gasteiger partial charge in [0.15, 0.2) is 0 Å². The summed E-state index contributed by atoms with van der Waals surface area (Å²) in [4.78, 5) is 2.49. The lowest BCUT2D eigenvalue weighted by Gasteiger charge is -2.39. The van der Waals surface area contributed by atoms with Gasteiger partial charge in [-0.15, -0.1) is 0 Å². The summed E-state index contributed by atoms with van der Waals surface area (Å²) < 4.78 is 13.4. The summed E-state index contributed by atoms with van der Waals surface area (Å²) in [5.41, 5.74) is 19.0. The molecule has 2 heterocycles. The van der Waals surface area contributed by atoms with E-state index in [1.807, 2.05) is 0 Å². The number of nitrogens with zero attached hydrogens (tertiary/aromatic N) is 1. The molecule has 3 heteroatoms. The minimum absolute atomic E-state index is 0.554. The average molecular weight is 830 g/mol. The molecule has 0 N–H and O–H groups in total. The van der Waals surface area contributed by atoms with Gasteiger partial charge in [0.2, 0.25) is 0 Å². The lowest BCUT2D eigenvalue weighted by atomic mass is 9.66. The summed E-state index contributed by atoms with van der Waals surface area (Å²) in [7, 11) is 0. The molecule has 14 rings (SSSR count). The van der Waals surface area contributed by atoms with Crippen LogP contribution in [0.15, 0.2) is 237 Å². The molecule has 304 valence electrons. The Balaban J connectivity index is 1.05. The van der Waals surface area contributed by atoms with Crippen molar-refractivity contribution in [3.63, 3.8) is 0 Å². The normalized spacial score (nSPS) is 14.3. The van der Waals surface area contributed by atoms with Crippen LogP contribution < -0.4 is 14.4 Å². The summed E-state index contributed by atoms with van der Waals surface area (Å²) in [5.74, 6) is 3.55. The third kappa shape index (κ3) is 4.79. The van der Waals surface area contributed by atoms with Crippen LogP contribution >= 0.6 is 0 Å². The number of hydrogen-bond acceptors (Lipinski definition) is 3. The molecule has 10 aromatic rings. The zero-order chi connectivity index (χ0) is 42.7. The van der Waals surface area contributed by atoms with Gasteiger partial charge in [-0.25, -0.2) is 0 Å². The highest BCUT2D eigenvalue weighted by Gasteiger charge is 2.53. The molecule has 0 bridgehead atoms. The van der Waals surface area contributed by atoms with Crippen molar-refractivity contribution in [2.75, 3.05) is 4.90 Å². The van der Waals surface area contributed by atoms with Crippen LogP contribution in [-0.4, -0.2) is 0 Å². The highest BCUT2D eigenvalue weighted by atomic mass is 16.5. The molecule has 0 saturated heterocycles. The van der Waals surface area contributed by atoms with E-state index in [1.165, 1.54) is 55.6 Å². The maximum atomic E-state index is 6.70. The van der Waals surface area contributed by atoms with E-state index < -0.39 is 10.8 Å². The Morgan fingerprint density at radius 3 is 1.28 bits per heavy atom. The average Bonchev–Trinajstić information content (AvgIpc) is 3.83. The molecule has 0 unspecified atom stereocenters. The van der Waals surface area contributed by atoms with Crippen LogP contribution in [0.3, 0.4) is 0 Å². The molecule has 0 radical (unpaired) electrons. The number of anilines is 3. The van der Waals surface area contributed by atoms with Crippen molar-refractivity contribution < 1.29 is 9.47 Å². The standard InChI is InChI=1S/C62H39NO2/c1-2-17-40(18-3-1)41-33-35-42(36-34-41)63(43-37-38-49-46(39-43)44-19-4-6-21-47(44)61(49)50-23-8-12-29-56(50)64-57-30-13-9-24-51(57)61)55-28-16-27-54-60(55)45-20-5-7-22-48(45)62(54)52-25-10-14-31-58(52)65-59-32-15-11-26-53(59)62/h1-39H. The van der Waals surface area contributed by atoms with Crippen molar-refractivity contribution in [2.24, 2.45) is 0 Å². The molecular formula is C62H39NO2. The van der Waals surface area contributed by atoms with E-state index in [0.717, 1.165) is 62.3 Å². The molecule has 65 heavy (non-hydrogen) atoms. The third-order valence-electron chi connectivity index (χ3n) is 14.4. The molecule has 0 amide bonds. The van der Waals surface area contributed by atoms with Crippen LogP contribution in [0.25, 0.3) is 33.4 Å². The molecular weight excluding hydrogens is 791 g/mol. The van der Waals surface area contributed by atoms with Gasteiger partial charge in [-0.05, 0) is 105 Å². The molecule has 2 aliphatic carbocycles. The molecule has 0 saturated carbocycles. The van der Waals surface area contributed by atoms with Crippen LogP contribution in [0, 0.1) is 0 Å². The van der Waals surface area contributed by atoms with Crippen LogP contribution in [-0.2, 0) is 10.8 Å². The van der Waals surface area contributed by atoms with Gasteiger partial charge in [-0.2, -0.15) is 0 Å². The lowest BCUT2D eigenvalue weighted by molar-refractivity contribution is 0.436. The minimum atomic E-state index is -0.594. The predicted molar refractivity (Wildman–Crippen MR) is 261 cm³/mol. The van der Waals surface area contributed by atoms with Crippen molar-refractivity contribution in [3.8, 4) is 56.4 Å². The van der Waals surface area contributed by atoms with E-state index in [-0.39, 0.29) is 0 Å². The molecule has 0 fully saturated rings. The second kappa shape index (κ2) is 13.6. The van der Waals surface area contributed by atoms with Crippen LogP contribution in [0.1, 0.15) is 44.5 Å². The monoisotopic (exact) mass is 829 g/mol. The first-order valence-corrected chi connectivity index (χ1v) is 22.4. The Morgan fingerprint density at radius 2 is 0.692 bits per heavy atom.